The van der Waals surface area contributed by atoms with Crippen LogP contribution in [0.3, 0.4) is 0 Å². The fraction of sp³-hybridized carbons (Fsp3) is 0.649. The van der Waals surface area contributed by atoms with Gasteiger partial charge in [-0.3, -0.25) is 43.2 Å². The lowest BCUT2D eigenvalue weighted by atomic mass is 9.72. The lowest BCUT2D eigenvalue weighted by Gasteiger charge is -2.47. The van der Waals surface area contributed by atoms with E-state index in [0.29, 0.717) is 52.6 Å². The number of carbonyl (C=O) groups is 11. The number of ether oxygens (including phenoxy) is 12. The number of carboxylic acids is 1. The molecule has 4 aliphatic heterocycles. The molecule has 137 heavy (non-hydrogen) atoms. The number of aliphatic hydroxyl groups excluding tert-OH is 4. The lowest BCUT2D eigenvalue weighted by molar-refractivity contribution is -0.337. The van der Waals surface area contributed by atoms with Crippen LogP contribution in [-0.2, 0) is 92.4 Å². The van der Waals surface area contributed by atoms with E-state index in [4.69, 9.17) is 78.9 Å². The number of ketones is 4. The number of aliphatic hydroxyl groups is 5. The lowest BCUT2D eigenvalue weighted by Crippen LogP contribution is -2.65. The number of carbonyl (C=O) groups excluding carboxylic acids is 10. The first-order chi connectivity index (χ1) is 64.9. The maximum Gasteiger partial charge on any atom is 0.410 e. The second-order valence-electron chi connectivity index (χ2n) is 35.5. The van der Waals surface area contributed by atoms with E-state index >= 15 is 0 Å². The Morgan fingerprint density at radius 3 is 2.11 bits per heavy atom. The molecule has 4 heterocycles. The minimum atomic E-state index is -2.20. The number of nitrogens with one attached hydrogen (secondary N) is 5. The highest BCUT2D eigenvalue weighted by Crippen LogP contribution is 2.50. The number of Topliss-reactive ketones (excluding diaryl/α,β-unsaturated/α-hetero) is 4. The van der Waals surface area contributed by atoms with E-state index in [-0.39, 0.29) is 147 Å². The summed E-state index contributed by atoms with van der Waals surface area (Å²) in [4.78, 5) is 155. The van der Waals surface area contributed by atoms with E-state index in [1.54, 1.807) is 78.8 Å². The van der Waals surface area contributed by atoms with Crippen molar-refractivity contribution in [2.45, 2.75) is 305 Å². The normalized spacial score (nSPS) is 27.4. The standard InChI is InChI=1S/C94H134IN9O30S3/c1-16-104(92(120)127-46-55-27-29-58(30-28-55)101-85(114)57(25-23-37-100-91(98)119)42-63(107)74(48(2)3)102-86(115)56(40-49(4)105)24-20-22-36-96)62-47-126-69(44-67(62)122-12)132-82-77(112)75(103-134-70-43-64(108)84(54(9)128-70)136-88(118)71-51(6)73(95)80(83(125-15)79(71)123-13)133-89-78(113)81(124-14)76(111)53(8)130-89)52(7)129-90(82)131-66-26-19-17-18-21-34-94(121)45-65(109)59(41-50(5)106)72(66)60(94)33-39-135-137-93(10,11)35-38-99-68(110)32-31-61(97)87(116)117/h17-18,27-30,33,48,52-54,56-57,61-62,64,66-67,69-70,74-78,81-82,84,89-90,103,108,111-113,121H,16,20,22-25,31-32,35-47,96-97H2,1-15H3,(H,99,110)(H,101,114)(H,102,115)(H,116,117)(H3,98,100,119)/b18-17-,60-33+/t52-,53+,54-,56-,57-,61+,62+,64+,66+,67+,69+,70+,74+,75-,76+,77+,78-,81-,82-,84-,89+,90+,94+/m1/s1. The molecule has 17 N–H and O–H groups in total. The maximum atomic E-state index is 14.7. The molecule has 0 unspecified atom stereocenters. The summed E-state index contributed by atoms with van der Waals surface area (Å²) in [5.74, 6) is 5.60. The number of hydrogen-bond acceptors (Lipinski definition) is 35. The number of primary amides is 1. The van der Waals surface area contributed by atoms with Gasteiger partial charge in [0, 0.05) is 117 Å². The minimum Gasteiger partial charge on any atom is -0.492 e. The quantitative estimate of drug-likeness (QED) is 0.0120. The van der Waals surface area contributed by atoms with E-state index in [2.05, 4.69) is 50.4 Å². The number of halogens is 1. The van der Waals surface area contributed by atoms with Gasteiger partial charge in [0.1, 0.15) is 60.8 Å². The zero-order valence-corrected chi connectivity index (χ0v) is 84.5. The zero-order chi connectivity index (χ0) is 101. The summed E-state index contributed by atoms with van der Waals surface area (Å²) in [6, 6.07) is 1.38. The topological polar surface area (TPSA) is 571 Å². The molecule has 8 rings (SSSR count). The van der Waals surface area contributed by atoms with Crippen molar-refractivity contribution in [2.24, 2.45) is 35.0 Å². The first-order valence-corrected chi connectivity index (χ1v) is 49.9. The molecule has 2 bridgehead atoms. The number of carboxylic acid groups (broad SMARTS) is 1. The molecule has 4 fully saturated rings. The number of nitrogens with zero attached hydrogens (tertiary/aromatic N) is 1. The van der Waals surface area contributed by atoms with Gasteiger partial charge >= 0.3 is 18.1 Å². The van der Waals surface area contributed by atoms with Crippen LogP contribution in [0, 0.1) is 51.9 Å². The average molecular weight is 2090 g/mol. The third kappa shape index (κ3) is 32.0. The summed E-state index contributed by atoms with van der Waals surface area (Å²) in [5.41, 5.74) is 18.7. The van der Waals surface area contributed by atoms with Crippen LogP contribution in [0.25, 0.3) is 0 Å². The molecule has 4 saturated heterocycles. The molecule has 6 amide bonds. The van der Waals surface area contributed by atoms with Crippen molar-refractivity contribution in [3.05, 3.63) is 79.5 Å². The fourth-order valence-electron chi connectivity index (χ4n) is 16.7. The Labute approximate surface area is 824 Å². The number of aliphatic carboxylic acids is 1. The summed E-state index contributed by atoms with van der Waals surface area (Å²) >= 11 is 2.74. The molecule has 2 aromatic rings. The van der Waals surface area contributed by atoms with Crippen LogP contribution in [0.4, 0.5) is 15.3 Å². The number of hydroxylamine groups is 1. The fourth-order valence-corrected chi connectivity index (χ4v) is 20.9. The highest BCUT2D eigenvalue weighted by Gasteiger charge is 2.53. The highest BCUT2D eigenvalue weighted by atomic mass is 127. The summed E-state index contributed by atoms with van der Waals surface area (Å²) in [6.07, 6.45) is -14.9. The molecule has 0 radical (unpaired) electrons. The van der Waals surface area contributed by atoms with Crippen LogP contribution in [0.1, 0.15) is 181 Å². The maximum absolute atomic E-state index is 14.7. The number of fused-ring (bicyclic) bond motifs is 2. The van der Waals surface area contributed by atoms with E-state index in [0.717, 1.165) is 11.8 Å². The van der Waals surface area contributed by atoms with Gasteiger partial charge in [-0.25, -0.2) is 9.59 Å². The Morgan fingerprint density at radius 1 is 0.788 bits per heavy atom. The Morgan fingerprint density at radius 2 is 1.47 bits per heavy atom. The molecule has 0 saturated carbocycles. The monoisotopic (exact) mass is 2090 g/mol. The summed E-state index contributed by atoms with van der Waals surface area (Å²) in [6.45, 7) is 18.7. The number of nitrogens with two attached hydrogens (primary N) is 3. The minimum absolute atomic E-state index is 0.00488. The molecular formula is C94H134IN9O30S3. The number of allylic oxidation sites excluding steroid dienone is 3. The van der Waals surface area contributed by atoms with Crippen LogP contribution in [-0.4, -0.2) is 299 Å². The molecule has 43 heteroatoms. The van der Waals surface area contributed by atoms with Gasteiger partial charge in [-0.1, -0.05) is 95.5 Å². The SMILES string of the molecule is CCN(C(=O)OCc1ccc(NC(=O)[C@H](CCCNC(N)=O)CC(=O)[C@@H](NC(=O)[C@H](CCCCN)CC(C)=O)C(C)C)cc1)[C@H]1CO[C@@H](O[C@H]2[C@H](O[C@H]3C#C/C=C\C#C[C@]4(O)CC(=O)C(CC(C)=O)=C3/C4=C\CSSC(C)(C)CCNC(=O)CC[C@H](N)C(=O)O)O[C@H](C)[C@@H](NO[C@H]3C[C@H](O)[C@H](SC(=O)c4c(C)c(I)c(O[C@@H]5O[C@@H](C)[C@H](O)[C@@H](OC)[C@H]5O)c(OC)c4OC)[C@@H](C)O3)[C@@H]2O)C[C@@H]1OC. The molecular weight excluding hydrogens is 1960 g/mol. The smallest absolute Gasteiger partial charge is 0.410 e. The molecule has 23 atom stereocenters. The third-order valence-electron chi connectivity index (χ3n) is 24.2. The number of anilines is 1. The van der Waals surface area contributed by atoms with E-state index < -0.39 is 209 Å². The Bertz CT molecular complexity index is 4750. The summed E-state index contributed by atoms with van der Waals surface area (Å²) in [5, 5.41) is 78.5. The predicted molar refractivity (Wildman–Crippen MR) is 515 cm³/mol. The molecule has 760 valence electrons. The Kier molecular flexibility index (Phi) is 45.3. The first-order valence-electron chi connectivity index (χ1n) is 45.7. The van der Waals surface area contributed by atoms with Crippen molar-refractivity contribution in [3.8, 4) is 40.9 Å². The van der Waals surface area contributed by atoms with E-state index in [1.807, 2.05) is 36.4 Å². The van der Waals surface area contributed by atoms with Crippen molar-refractivity contribution in [1.29, 1.82) is 0 Å². The van der Waals surface area contributed by atoms with Crippen LogP contribution in [0.2, 0.25) is 0 Å². The predicted octanol–water partition coefficient (Wildman–Crippen LogP) is 5.94. The number of urea groups is 1. The van der Waals surface area contributed by atoms with Crippen molar-refractivity contribution in [1.82, 2.24) is 26.3 Å². The number of likely N-dealkylation sites (N-methyl/N-ethyl adjacent to an activating group) is 1. The Hall–Kier alpha value is -7.95. The number of methoxy groups -OCH3 is 4. The molecule has 0 aromatic heterocycles. The van der Waals surface area contributed by atoms with Crippen molar-refractivity contribution in [3.63, 3.8) is 0 Å². The van der Waals surface area contributed by atoms with Gasteiger partial charge in [-0.05, 0) is 171 Å². The van der Waals surface area contributed by atoms with Crippen molar-refractivity contribution in [2.75, 3.05) is 72.3 Å². The number of rotatable bonds is 50. The van der Waals surface area contributed by atoms with Crippen LogP contribution < -0.4 is 58.2 Å². The molecule has 2 aliphatic carbocycles. The number of benzene rings is 2. The van der Waals surface area contributed by atoms with Gasteiger partial charge in [0.15, 0.2) is 47.5 Å². The van der Waals surface area contributed by atoms with Crippen LogP contribution in [0.15, 0.2) is 59.2 Å². The van der Waals surface area contributed by atoms with E-state index in [9.17, 15) is 83.4 Å². The second-order valence-corrected chi connectivity index (χ2v) is 40.8. The van der Waals surface area contributed by atoms with Gasteiger partial charge in [-0.15, -0.1) is 0 Å². The first kappa shape index (κ1) is 114. The number of amides is 6. The zero-order valence-electron chi connectivity index (χ0n) is 79.9. The molecule has 0 spiro atoms. The summed E-state index contributed by atoms with van der Waals surface area (Å²) < 4.78 is 74.5. The molecule has 39 nitrogen and oxygen atoms in total. The third-order valence-corrected chi connectivity index (χ3v) is 30.1. The van der Waals surface area contributed by atoms with Crippen molar-refractivity contribution < 1.29 is 145 Å². The largest absolute Gasteiger partial charge is 0.492 e. The van der Waals surface area contributed by atoms with Gasteiger partial charge in [0.25, 0.3) is 0 Å². The van der Waals surface area contributed by atoms with Gasteiger partial charge < -0.3 is 136 Å². The average Bonchev–Trinajstić information content (AvgIpc) is 0.739. The summed E-state index contributed by atoms with van der Waals surface area (Å²) in [7, 11) is 8.25. The number of hydrogen-bond donors (Lipinski definition) is 14. The number of thioether (sulfide) groups is 1. The van der Waals surface area contributed by atoms with Gasteiger partial charge in [0.05, 0.1) is 90.3 Å². The molecule has 2 aromatic carbocycles. The highest BCUT2D eigenvalue weighted by molar-refractivity contribution is 14.1. The molecule has 6 aliphatic rings. The van der Waals surface area contributed by atoms with E-state index in [1.165, 1.54) is 80.9 Å². The van der Waals surface area contributed by atoms with Gasteiger partial charge in [0.2, 0.25) is 34.9 Å². The second kappa shape index (κ2) is 54.3. The van der Waals surface area contributed by atoms with Crippen LogP contribution >= 0.6 is 55.9 Å². The van der Waals surface area contributed by atoms with Crippen molar-refractivity contribution >= 4 is 126 Å². The van der Waals surface area contributed by atoms with Gasteiger partial charge in [-0.2, -0.15) is 5.48 Å². The Balaban J connectivity index is 1.02. The number of unbranched alkanes of at least 4 members (excludes halogenated alkanes) is 1. The van der Waals surface area contributed by atoms with Crippen LogP contribution in [0.5, 0.6) is 17.2 Å².